The van der Waals surface area contributed by atoms with Gasteiger partial charge in [0.15, 0.2) is 11.5 Å². The van der Waals surface area contributed by atoms with Crippen LogP contribution in [0.4, 0.5) is 0 Å². The molecule has 1 aliphatic heterocycles. The number of halogens is 1. The summed E-state index contributed by atoms with van der Waals surface area (Å²) in [5, 5.41) is 3.50. The Labute approximate surface area is 130 Å². The van der Waals surface area contributed by atoms with Gasteiger partial charge in [0.25, 0.3) is 0 Å². The average Bonchev–Trinajstić information content (AvgIpc) is 2.46. The molecule has 0 bridgehead atoms. The van der Waals surface area contributed by atoms with E-state index in [9.17, 15) is 0 Å². The Hall–Kier alpha value is -0.740. The molecule has 0 spiro atoms. The minimum Gasteiger partial charge on any atom is -0.493 e. The molecule has 0 amide bonds. The van der Waals surface area contributed by atoms with Crippen LogP contribution in [0.15, 0.2) is 10.5 Å². The van der Waals surface area contributed by atoms with Crippen molar-refractivity contribution in [1.29, 1.82) is 0 Å². The van der Waals surface area contributed by atoms with Crippen molar-refractivity contribution in [1.82, 2.24) is 5.32 Å². The molecule has 4 heteroatoms. The van der Waals surface area contributed by atoms with Gasteiger partial charge in [-0.1, -0.05) is 13.8 Å². The van der Waals surface area contributed by atoms with Crippen molar-refractivity contribution < 1.29 is 9.47 Å². The molecule has 1 aliphatic rings. The standard InChI is InChI=1S/C16H24BrNO2/c1-10(2)14-12(11-6-5-7-18-9-11)8-13(19-3)16(20-4)15(14)17/h8,10-11,18H,5-7,9H2,1-4H3. The van der Waals surface area contributed by atoms with Gasteiger partial charge in [0.05, 0.1) is 18.7 Å². The second kappa shape index (κ2) is 6.81. The number of piperidine rings is 1. The summed E-state index contributed by atoms with van der Waals surface area (Å²) < 4.78 is 12.1. The topological polar surface area (TPSA) is 30.5 Å². The van der Waals surface area contributed by atoms with E-state index in [1.54, 1.807) is 14.2 Å². The second-order valence-corrected chi connectivity index (χ2v) is 6.42. The van der Waals surface area contributed by atoms with Crippen LogP contribution in [0.1, 0.15) is 49.7 Å². The van der Waals surface area contributed by atoms with Crippen molar-refractivity contribution in [2.24, 2.45) is 0 Å². The highest BCUT2D eigenvalue weighted by atomic mass is 79.9. The van der Waals surface area contributed by atoms with Crippen molar-refractivity contribution in [3.8, 4) is 11.5 Å². The molecule has 0 aliphatic carbocycles. The van der Waals surface area contributed by atoms with Crippen molar-refractivity contribution >= 4 is 15.9 Å². The van der Waals surface area contributed by atoms with E-state index in [0.29, 0.717) is 11.8 Å². The van der Waals surface area contributed by atoms with Crippen molar-refractivity contribution in [2.45, 2.75) is 38.5 Å². The zero-order valence-corrected chi connectivity index (χ0v) is 14.3. The summed E-state index contributed by atoms with van der Waals surface area (Å²) in [6.45, 7) is 6.63. The molecule has 1 unspecified atom stereocenters. The molecule has 2 rings (SSSR count). The first-order chi connectivity index (χ1) is 9.60. The quantitative estimate of drug-likeness (QED) is 0.895. The summed E-state index contributed by atoms with van der Waals surface area (Å²) in [6, 6.07) is 2.16. The van der Waals surface area contributed by atoms with Crippen molar-refractivity contribution in [2.75, 3.05) is 27.3 Å². The Morgan fingerprint density at radius 3 is 2.55 bits per heavy atom. The van der Waals surface area contributed by atoms with Crippen LogP contribution in [0.3, 0.4) is 0 Å². The van der Waals surface area contributed by atoms with Crippen molar-refractivity contribution in [3.05, 3.63) is 21.7 Å². The van der Waals surface area contributed by atoms with E-state index in [1.807, 2.05) is 0 Å². The number of rotatable bonds is 4. The maximum atomic E-state index is 5.51. The zero-order valence-electron chi connectivity index (χ0n) is 12.8. The van der Waals surface area contributed by atoms with Gasteiger partial charge in [0.1, 0.15) is 0 Å². The molecule has 1 fully saturated rings. The van der Waals surface area contributed by atoms with Crippen LogP contribution in [0.2, 0.25) is 0 Å². The fraction of sp³-hybridized carbons (Fsp3) is 0.625. The third kappa shape index (κ3) is 2.96. The second-order valence-electron chi connectivity index (χ2n) is 5.63. The predicted octanol–water partition coefficient (Wildman–Crippen LogP) is 4.06. The molecular weight excluding hydrogens is 318 g/mol. The number of benzene rings is 1. The summed E-state index contributed by atoms with van der Waals surface area (Å²) in [4.78, 5) is 0. The maximum Gasteiger partial charge on any atom is 0.175 e. The molecule has 0 aromatic heterocycles. The predicted molar refractivity (Wildman–Crippen MR) is 86.2 cm³/mol. The number of nitrogens with one attached hydrogen (secondary N) is 1. The molecule has 112 valence electrons. The maximum absolute atomic E-state index is 5.51. The molecule has 0 saturated carbocycles. The molecule has 1 aromatic rings. The highest BCUT2D eigenvalue weighted by molar-refractivity contribution is 9.10. The lowest BCUT2D eigenvalue weighted by Crippen LogP contribution is -2.29. The SMILES string of the molecule is COc1cc(C2CCCNC2)c(C(C)C)c(Br)c1OC. The van der Waals surface area contributed by atoms with Gasteiger partial charge in [-0.3, -0.25) is 0 Å². The molecule has 1 heterocycles. The van der Waals surface area contributed by atoms with E-state index in [1.165, 1.54) is 24.0 Å². The van der Waals surface area contributed by atoms with E-state index < -0.39 is 0 Å². The normalized spacial score (nSPS) is 19.2. The van der Waals surface area contributed by atoms with Crippen LogP contribution in [-0.2, 0) is 0 Å². The number of hydrogen-bond acceptors (Lipinski definition) is 3. The summed E-state index contributed by atoms with van der Waals surface area (Å²) in [6.07, 6.45) is 2.46. The third-order valence-corrected chi connectivity index (χ3v) is 4.78. The van der Waals surface area contributed by atoms with E-state index >= 15 is 0 Å². The number of methoxy groups -OCH3 is 2. The Morgan fingerprint density at radius 1 is 1.30 bits per heavy atom. The number of hydrogen-bond donors (Lipinski definition) is 1. The van der Waals surface area contributed by atoms with Crippen molar-refractivity contribution in [3.63, 3.8) is 0 Å². The van der Waals surface area contributed by atoms with Gasteiger partial charge in [-0.25, -0.2) is 0 Å². The van der Waals surface area contributed by atoms with Gasteiger partial charge in [0, 0.05) is 6.54 Å². The minimum absolute atomic E-state index is 0.445. The first-order valence-electron chi connectivity index (χ1n) is 7.25. The summed E-state index contributed by atoms with van der Waals surface area (Å²) in [5.41, 5.74) is 2.73. The molecule has 20 heavy (non-hydrogen) atoms. The fourth-order valence-corrected chi connectivity index (χ4v) is 4.07. The minimum atomic E-state index is 0.445. The van der Waals surface area contributed by atoms with E-state index in [4.69, 9.17) is 9.47 Å². The lowest BCUT2D eigenvalue weighted by atomic mass is 9.84. The van der Waals surface area contributed by atoms with Crippen LogP contribution < -0.4 is 14.8 Å². The van der Waals surface area contributed by atoms with Crippen LogP contribution in [0.5, 0.6) is 11.5 Å². The zero-order chi connectivity index (χ0) is 14.7. The summed E-state index contributed by atoms with van der Waals surface area (Å²) >= 11 is 3.73. The average molecular weight is 342 g/mol. The van der Waals surface area contributed by atoms with Crippen LogP contribution in [0, 0.1) is 0 Å². The fourth-order valence-electron chi connectivity index (χ4n) is 3.03. The van der Waals surface area contributed by atoms with E-state index in [2.05, 4.69) is 41.2 Å². The smallest absolute Gasteiger partial charge is 0.175 e. The Morgan fingerprint density at radius 2 is 2.05 bits per heavy atom. The van der Waals surface area contributed by atoms with E-state index in [0.717, 1.165) is 29.1 Å². The van der Waals surface area contributed by atoms with Gasteiger partial charge in [-0.2, -0.15) is 0 Å². The first-order valence-corrected chi connectivity index (χ1v) is 8.04. The third-order valence-electron chi connectivity index (χ3n) is 4.00. The molecule has 1 aromatic carbocycles. The summed E-state index contributed by atoms with van der Waals surface area (Å²) in [5.74, 6) is 2.60. The monoisotopic (exact) mass is 341 g/mol. The number of ether oxygens (including phenoxy) is 2. The Balaban J connectivity index is 2.55. The van der Waals surface area contributed by atoms with Gasteiger partial charge in [0.2, 0.25) is 0 Å². The lowest BCUT2D eigenvalue weighted by Gasteiger charge is -2.28. The molecule has 3 nitrogen and oxygen atoms in total. The molecular formula is C16H24BrNO2. The van der Waals surface area contributed by atoms with Gasteiger partial charge in [-0.05, 0) is 64.3 Å². The van der Waals surface area contributed by atoms with Crippen LogP contribution in [0.25, 0.3) is 0 Å². The van der Waals surface area contributed by atoms with E-state index in [-0.39, 0.29) is 0 Å². The molecule has 1 atom stereocenters. The first kappa shape index (κ1) is 15.6. The highest BCUT2D eigenvalue weighted by Crippen LogP contribution is 2.45. The molecule has 0 radical (unpaired) electrons. The van der Waals surface area contributed by atoms with Gasteiger partial charge < -0.3 is 14.8 Å². The Bertz CT molecular complexity index is 468. The lowest BCUT2D eigenvalue weighted by molar-refractivity contribution is 0.350. The van der Waals surface area contributed by atoms with Crippen LogP contribution in [-0.4, -0.2) is 27.3 Å². The molecule has 1 saturated heterocycles. The van der Waals surface area contributed by atoms with Crippen LogP contribution >= 0.6 is 15.9 Å². The Kier molecular flexibility index (Phi) is 5.33. The van der Waals surface area contributed by atoms with Gasteiger partial charge in [-0.15, -0.1) is 0 Å². The molecule has 1 N–H and O–H groups in total. The largest absolute Gasteiger partial charge is 0.493 e. The highest BCUT2D eigenvalue weighted by Gasteiger charge is 2.25. The van der Waals surface area contributed by atoms with Gasteiger partial charge >= 0.3 is 0 Å². The summed E-state index contributed by atoms with van der Waals surface area (Å²) in [7, 11) is 3.39.